The number of rotatable bonds is 2. The average Bonchev–Trinajstić information content (AvgIpc) is 2.35. The lowest BCUT2D eigenvalue weighted by Gasteiger charge is -2.21. The molecule has 0 bridgehead atoms. The Labute approximate surface area is 59.2 Å². The maximum atomic E-state index is 10.6. The molecule has 2 N–H and O–H groups in total. The molecule has 0 aliphatic carbocycles. The van der Waals surface area contributed by atoms with Crippen LogP contribution in [0, 0.1) is 0 Å². The fraction of sp³-hybridized carbons (Fsp3) is 0.833. The van der Waals surface area contributed by atoms with E-state index in [0.29, 0.717) is 6.42 Å². The topological polar surface area (TPSA) is 58.6 Å². The molecule has 1 atom stereocenters. The normalized spacial score (nSPS) is 32.5. The van der Waals surface area contributed by atoms with Crippen molar-refractivity contribution in [2.45, 2.75) is 18.6 Å². The fourth-order valence-corrected chi connectivity index (χ4v) is 1.16. The fourth-order valence-electron chi connectivity index (χ4n) is 1.16. The van der Waals surface area contributed by atoms with Gasteiger partial charge in [0.2, 0.25) is 5.72 Å². The molecule has 0 aromatic carbocycles. The van der Waals surface area contributed by atoms with Crippen LogP contribution in [0.1, 0.15) is 12.8 Å². The van der Waals surface area contributed by atoms with Crippen molar-refractivity contribution in [3.05, 3.63) is 0 Å². The van der Waals surface area contributed by atoms with Gasteiger partial charge in [0.25, 0.3) is 0 Å². The Morgan fingerprint density at radius 1 is 1.80 bits per heavy atom. The lowest BCUT2D eigenvalue weighted by Crippen LogP contribution is -2.49. The average molecular weight is 145 g/mol. The molecule has 0 radical (unpaired) electrons. The van der Waals surface area contributed by atoms with Gasteiger partial charge in [-0.25, -0.2) is 4.79 Å². The van der Waals surface area contributed by atoms with Gasteiger partial charge < -0.3 is 9.84 Å². The molecule has 1 saturated heterocycles. The number of hydrogen-bond acceptors (Lipinski definition) is 3. The largest absolute Gasteiger partial charge is 0.478 e. The monoisotopic (exact) mass is 145 g/mol. The highest BCUT2D eigenvalue weighted by Gasteiger charge is 2.41. The smallest absolute Gasteiger partial charge is 0.351 e. The third-order valence-electron chi connectivity index (χ3n) is 1.81. The maximum absolute atomic E-state index is 10.6. The number of ether oxygens (including phenoxy) is 1. The van der Waals surface area contributed by atoms with Crippen LogP contribution in [0.3, 0.4) is 0 Å². The molecule has 1 aliphatic heterocycles. The van der Waals surface area contributed by atoms with Crippen molar-refractivity contribution in [3.8, 4) is 0 Å². The summed E-state index contributed by atoms with van der Waals surface area (Å²) in [4.78, 5) is 10.6. The highest BCUT2D eigenvalue weighted by molar-refractivity contribution is 5.77. The molecule has 4 nitrogen and oxygen atoms in total. The molecule has 1 heterocycles. The van der Waals surface area contributed by atoms with E-state index in [9.17, 15) is 4.79 Å². The number of carboxylic acid groups (broad SMARTS) is 1. The summed E-state index contributed by atoms with van der Waals surface area (Å²) in [6.07, 6.45) is 1.42. The van der Waals surface area contributed by atoms with E-state index in [1.165, 1.54) is 7.11 Å². The summed E-state index contributed by atoms with van der Waals surface area (Å²) in [6, 6.07) is 0. The number of methoxy groups -OCH3 is 1. The van der Waals surface area contributed by atoms with Gasteiger partial charge in [-0.15, -0.1) is 0 Å². The van der Waals surface area contributed by atoms with Gasteiger partial charge in [-0.1, -0.05) is 0 Å². The molecule has 0 aromatic rings. The molecule has 1 aliphatic rings. The third kappa shape index (κ3) is 0.998. The minimum atomic E-state index is -1.10. The Morgan fingerprint density at radius 2 is 2.50 bits per heavy atom. The predicted octanol–water partition coefficient (Wildman–Crippen LogP) is -0.203. The lowest BCUT2D eigenvalue weighted by molar-refractivity contribution is -0.164. The summed E-state index contributed by atoms with van der Waals surface area (Å²) in [7, 11) is 1.41. The Kier molecular flexibility index (Phi) is 1.92. The molecule has 0 unspecified atom stereocenters. The molecular weight excluding hydrogens is 134 g/mol. The maximum Gasteiger partial charge on any atom is 0.351 e. The molecule has 0 spiro atoms. The second-order valence-electron chi connectivity index (χ2n) is 2.37. The Bertz CT molecular complexity index is 140. The van der Waals surface area contributed by atoms with E-state index in [1.54, 1.807) is 0 Å². The summed E-state index contributed by atoms with van der Waals surface area (Å²) < 4.78 is 4.85. The van der Waals surface area contributed by atoms with Gasteiger partial charge >= 0.3 is 5.97 Å². The van der Waals surface area contributed by atoms with Gasteiger partial charge in [-0.2, -0.15) is 0 Å². The van der Waals surface area contributed by atoms with Gasteiger partial charge in [0.1, 0.15) is 0 Å². The number of carbonyl (C=O) groups is 1. The first-order chi connectivity index (χ1) is 4.71. The first-order valence-corrected chi connectivity index (χ1v) is 3.25. The van der Waals surface area contributed by atoms with Crippen molar-refractivity contribution in [1.82, 2.24) is 5.32 Å². The quantitative estimate of drug-likeness (QED) is 0.564. The van der Waals surface area contributed by atoms with Crippen molar-refractivity contribution in [2.24, 2.45) is 0 Å². The molecule has 4 heteroatoms. The van der Waals surface area contributed by atoms with Crippen LogP contribution in [-0.4, -0.2) is 30.5 Å². The van der Waals surface area contributed by atoms with Crippen molar-refractivity contribution in [3.63, 3.8) is 0 Å². The van der Waals surface area contributed by atoms with Crippen LogP contribution in [0.5, 0.6) is 0 Å². The highest BCUT2D eigenvalue weighted by Crippen LogP contribution is 2.19. The molecule has 1 rings (SSSR count). The summed E-state index contributed by atoms with van der Waals surface area (Å²) in [6.45, 7) is 0.722. The predicted molar refractivity (Wildman–Crippen MR) is 34.6 cm³/mol. The summed E-state index contributed by atoms with van der Waals surface area (Å²) in [5.74, 6) is -0.924. The van der Waals surface area contributed by atoms with Crippen molar-refractivity contribution in [1.29, 1.82) is 0 Å². The second kappa shape index (κ2) is 2.56. The van der Waals surface area contributed by atoms with Crippen molar-refractivity contribution in [2.75, 3.05) is 13.7 Å². The number of hydrogen-bond donors (Lipinski definition) is 2. The van der Waals surface area contributed by atoms with Gasteiger partial charge in [0.15, 0.2) is 0 Å². The van der Waals surface area contributed by atoms with Crippen molar-refractivity contribution < 1.29 is 14.6 Å². The lowest BCUT2D eigenvalue weighted by atomic mass is 10.2. The van der Waals surface area contributed by atoms with Crippen LogP contribution in [0.4, 0.5) is 0 Å². The van der Waals surface area contributed by atoms with Gasteiger partial charge in [0.05, 0.1) is 0 Å². The zero-order chi connectivity index (χ0) is 7.61. The molecular formula is C6H11NO3. The first-order valence-electron chi connectivity index (χ1n) is 3.25. The van der Waals surface area contributed by atoms with Crippen LogP contribution < -0.4 is 5.32 Å². The van der Waals surface area contributed by atoms with E-state index in [4.69, 9.17) is 9.84 Å². The first kappa shape index (κ1) is 7.50. The second-order valence-corrected chi connectivity index (χ2v) is 2.37. The van der Waals surface area contributed by atoms with E-state index < -0.39 is 11.7 Å². The van der Waals surface area contributed by atoms with E-state index in [0.717, 1.165) is 13.0 Å². The molecule has 58 valence electrons. The van der Waals surface area contributed by atoms with E-state index in [-0.39, 0.29) is 0 Å². The van der Waals surface area contributed by atoms with E-state index in [2.05, 4.69) is 5.32 Å². The zero-order valence-electron chi connectivity index (χ0n) is 5.89. The summed E-state index contributed by atoms with van der Waals surface area (Å²) in [5.41, 5.74) is -1.10. The zero-order valence-corrected chi connectivity index (χ0v) is 5.89. The molecule has 10 heavy (non-hydrogen) atoms. The minimum Gasteiger partial charge on any atom is -0.478 e. The molecule has 0 saturated carbocycles. The standard InChI is InChI=1S/C6H11NO3/c1-10-6(5(8)9)3-2-4-7-6/h7H,2-4H2,1H3,(H,8,9)/t6-/m0/s1. The van der Waals surface area contributed by atoms with Crippen molar-refractivity contribution >= 4 is 5.97 Å². The summed E-state index contributed by atoms with van der Waals surface area (Å²) >= 11 is 0. The van der Waals surface area contributed by atoms with Crippen LogP contribution in [0.25, 0.3) is 0 Å². The number of carboxylic acids is 1. The minimum absolute atomic E-state index is 0.554. The SMILES string of the molecule is CO[C@]1(C(=O)O)CCCN1. The van der Waals surface area contributed by atoms with E-state index in [1.807, 2.05) is 0 Å². The Hall–Kier alpha value is -0.610. The number of aliphatic carboxylic acids is 1. The molecule has 1 fully saturated rings. The Balaban J connectivity index is 2.67. The Morgan fingerprint density at radius 3 is 2.70 bits per heavy atom. The van der Waals surface area contributed by atoms with Crippen LogP contribution in [0.2, 0.25) is 0 Å². The highest BCUT2D eigenvalue weighted by atomic mass is 16.5. The van der Waals surface area contributed by atoms with Gasteiger partial charge in [0, 0.05) is 13.5 Å². The molecule has 0 amide bonds. The van der Waals surface area contributed by atoms with Gasteiger partial charge in [-0.3, -0.25) is 5.32 Å². The van der Waals surface area contributed by atoms with E-state index >= 15 is 0 Å². The summed E-state index contributed by atoms with van der Waals surface area (Å²) in [5, 5.41) is 11.5. The van der Waals surface area contributed by atoms with Crippen LogP contribution in [-0.2, 0) is 9.53 Å². The van der Waals surface area contributed by atoms with Crippen LogP contribution in [0.15, 0.2) is 0 Å². The number of nitrogens with one attached hydrogen (secondary N) is 1. The molecule has 0 aromatic heterocycles. The van der Waals surface area contributed by atoms with Crippen LogP contribution >= 0.6 is 0 Å². The third-order valence-corrected chi connectivity index (χ3v) is 1.81. The van der Waals surface area contributed by atoms with Gasteiger partial charge in [-0.05, 0) is 13.0 Å².